The van der Waals surface area contributed by atoms with Crippen molar-refractivity contribution in [1.29, 1.82) is 0 Å². The van der Waals surface area contributed by atoms with Crippen molar-refractivity contribution < 1.29 is 26.3 Å². The Morgan fingerprint density at radius 3 is 1.89 bits per heavy atom. The number of anilines is 1. The zero-order valence-corrected chi connectivity index (χ0v) is 15.1. The van der Waals surface area contributed by atoms with Gasteiger partial charge in [0.2, 0.25) is 11.9 Å². The van der Waals surface area contributed by atoms with Crippen LogP contribution in [0.1, 0.15) is 43.2 Å². The van der Waals surface area contributed by atoms with Gasteiger partial charge in [0.25, 0.3) is 0 Å². The Morgan fingerprint density at radius 1 is 0.929 bits per heavy atom. The van der Waals surface area contributed by atoms with Crippen molar-refractivity contribution in [1.82, 2.24) is 0 Å². The number of guanidine groups is 2. The molecule has 0 atom stereocenters. The minimum Gasteiger partial charge on any atom is -0.369 e. The highest BCUT2D eigenvalue weighted by Gasteiger charge is 2.46. The van der Waals surface area contributed by atoms with Gasteiger partial charge in [-0.3, -0.25) is 4.90 Å². The number of halogens is 7. The molecule has 12 heteroatoms. The maximum absolute atomic E-state index is 13.4. The first kappa shape index (κ1) is 20.6. The molecule has 28 heavy (non-hydrogen) atoms. The minimum atomic E-state index is -5.10. The van der Waals surface area contributed by atoms with Crippen LogP contribution in [0.5, 0.6) is 0 Å². The highest BCUT2D eigenvalue weighted by molar-refractivity contribution is 6.32. The number of rotatable bonds is 1. The molecule has 1 aromatic rings. The van der Waals surface area contributed by atoms with Gasteiger partial charge < -0.3 is 11.5 Å². The molecule has 0 unspecified atom stereocenters. The van der Waals surface area contributed by atoms with Crippen LogP contribution in [0, 0.1) is 0 Å². The van der Waals surface area contributed by atoms with E-state index in [1.54, 1.807) is 0 Å². The molecule has 0 aromatic heterocycles. The fourth-order valence-electron chi connectivity index (χ4n) is 3.65. The van der Waals surface area contributed by atoms with Crippen LogP contribution in [-0.4, -0.2) is 17.6 Å². The van der Waals surface area contributed by atoms with Crippen LogP contribution in [-0.2, 0) is 12.4 Å². The van der Waals surface area contributed by atoms with E-state index in [0.717, 1.165) is 11.3 Å². The smallest absolute Gasteiger partial charge is 0.369 e. The van der Waals surface area contributed by atoms with E-state index in [4.69, 9.17) is 23.1 Å². The van der Waals surface area contributed by atoms with Gasteiger partial charge in [-0.1, -0.05) is 18.0 Å². The molecule has 1 heterocycles. The first-order valence-corrected chi connectivity index (χ1v) is 8.71. The molecule has 4 N–H and O–H groups in total. The van der Waals surface area contributed by atoms with Gasteiger partial charge in [0.1, 0.15) is 5.66 Å². The van der Waals surface area contributed by atoms with Crippen molar-refractivity contribution in [3.8, 4) is 0 Å². The Morgan fingerprint density at radius 2 is 1.43 bits per heavy atom. The first-order chi connectivity index (χ1) is 12.8. The largest absolute Gasteiger partial charge is 0.417 e. The summed E-state index contributed by atoms with van der Waals surface area (Å²) in [5.74, 6) is -0.491. The van der Waals surface area contributed by atoms with Gasteiger partial charge in [0, 0.05) is 5.69 Å². The SMILES string of the molecule is NC1=NC2(CCCCC2)N(c2cc(C(F)(F)F)c(Cl)c(C(F)(F)F)c2)C(N)=N1. The molecular formula is C16H16ClF6N5. The highest BCUT2D eigenvalue weighted by Crippen LogP contribution is 2.47. The molecule has 1 aromatic carbocycles. The fourth-order valence-corrected chi connectivity index (χ4v) is 3.97. The lowest BCUT2D eigenvalue weighted by Gasteiger charge is -2.45. The van der Waals surface area contributed by atoms with E-state index >= 15 is 0 Å². The molecule has 1 saturated carbocycles. The lowest BCUT2D eigenvalue weighted by atomic mass is 9.87. The van der Waals surface area contributed by atoms with Crippen molar-refractivity contribution in [3.05, 3.63) is 28.3 Å². The Hall–Kier alpha value is -2.17. The predicted molar refractivity (Wildman–Crippen MR) is 93.0 cm³/mol. The Labute approximate surface area is 161 Å². The molecule has 2 aliphatic rings. The van der Waals surface area contributed by atoms with Gasteiger partial charge in [0.05, 0.1) is 16.1 Å². The quantitative estimate of drug-likeness (QED) is 0.648. The van der Waals surface area contributed by atoms with E-state index in [1.165, 1.54) is 0 Å². The Balaban J connectivity index is 2.25. The third-order valence-corrected chi connectivity index (χ3v) is 5.18. The lowest BCUT2D eigenvalue weighted by Crippen LogP contribution is -2.58. The predicted octanol–water partition coefficient (Wildman–Crippen LogP) is 4.49. The van der Waals surface area contributed by atoms with Gasteiger partial charge in [-0.15, -0.1) is 0 Å². The molecule has 0 amide bonds. The molecular weight excluding hydrogens is 412 g/mol. The molecule has 0 saturated heterocycles. The summed E-state index contributed by atoms with van der Waals surface area (Å²) in [6.07, 6.45) is -7.32. The highest BCUT2D eigenvalue weighted by atomic mass is 35.5. The van der Waals surface area contributed by atoms with Crippen molar-refractivity contribution in [2.45, 2.75) is 50.1 Å². The summed E-state index contributed by atoms with van der Waals surface area (Å²) in [4.78, 5) is 9.09. The summed E-state index contributed by atoms with van der Waals surface area (Å²) in [5, 5.41) is -1.42. The summed E-state index contributed by atoms with van der Waals surface area (Å²) in [6.45, 7) is 0. The number of aliphatic imine (C=N–C) groups is 2. The summed E-state index contributed by atoms with van der Waals surface area (Å²) in [5.41, 5.74) is 6.70. The Bertz CT molecular complexity index is 804. The van der Waals surface area contributed by atoms with E-state index in [9.17, 15) is 26.3 Å². The molecule has 154 valence electrons. The van der Waals surface area contributed by atoms with Gasteiger partial charge in [0.15, 0.2) is 0 Å². The zero-order valence-electron chi connectivity index (χ0n) is 14.3. The molecule has 3 rings (SSSR count). The van der Waals surface area contributed by atoms with Crippen LogP contribution in [0.2, 0.25) is 5.02 Å². The maximum atomic E-state index is 13.4. The van der Waals surface area contributed by atoms with Crippen molar-refractivity contribution in [2.75, 3.05) is 4.90 Å². The maximum Gasteiger partial charge on any atom is 0.417 e. The van der Waals surface area contributed by atoms with Gasteiger partial charge in [-0.05, 0) is 37.8 Å². The molecule has 1 aliphatic heterocycles. The summed E-state index contributed by atoms with van der Waals surface area (Å²) in [6, 6.07) is 1.07. The van der Waals surface area contributed by atoms with Crippen molar-refractivity contribution in [3.63, 3.8) is 0 Å². The van der Waals surface area contributed by atoms with Gasteiger partial charge in [-0.25, -0.2) is 4.99 Å². The van der Waals surface area contributed by atoms with Crippen LogP contribution in [0.3, 0.4) is 0 Å². The third-order valence-electron chi connectivity index (χ3n) is 4.78. The van der Waals surface area contributed by atoms with E-state index < -0.39 is 39.9 Å². The van der Waals surface area contributed by atoms with Crippen LogP contribution >= 0.6 is 11.6 Å². The number of benzene rings is 1. The van der Waals surface area contributed by atoms with Gasteiger partial charge in [-0.2, -0.15) is 31.3 Å². The second-order valence-electron chi connectivity index (χ2n) is 6.67. The molecule has 1 fully saturated rings. The summed E-state index contributed by atoms with van der Waals surface area (Å²) < 4.78 is 80.3. The summed E-state index contributed by atoms with van der Waals surface area (Å²) >= 11 is 5.46. The fraction of sp³-hybridized carbons (Fsp3) is 0.500. The van der Waals surface area contributed by atoms with E-state index in [-0.39, 0.29) is 11.9 Å². The first-order valence-electron chi connectivity index (χ1n) is 8.33. The average Bonchev–Trinajstić information content (AvgIpc) is 2.53. The van der Waals surface area contributed by atoms with Crippen molar-refractivity contribution in [2.24, 2.45) is 21.5 Å². The molecule has 1 spiro atoms. The van der Waals surface area contributed by atoms with Crippen LogP contribution in [0.15, 0.2) is 22.1 Å². The van der Waals surface area contributed by atoms with Crippen LogP contribution in [0.4, 0.5) is 32.0 Å². The van der Waals surface area contributed by atoms with Crippen LogP contribution < -0.4 is 16.4 Å². The number of nitrogens with zero attached hydrogens (tertiary/aromatic N) is 3. The standard InChI is InChI=1S/C16H16ClF6N5/c17-11-9(15(18,19)20)6-8(7-10(11)16(21,22)23)28-13(25)26-12(24)27-14(28)4-2-1-3-5-14/h6-7H,1-5H2,(H4,24,25,26,27). The lowest BCUT2D eigenvalue weighted by molar-refractivity contribution is -0.142. The number of alkyl halides is 6. The van der Waals surface area contributed by atoms with E-state index in [1.807, 2.05) is 0 Å². The molecule has 0 radical (unpaired) electrons. The monoisotopic (exact) mass is 427 g/mol. The van der Waals surface area contributed by atoms with Crippen molar-refractivity contribution >= 4 is 29.2 Å². The number of nitrogens with two attached hydrogens (primary N) is 2. The Kier molecular flexibility index (Phi) is 4.93. The average molecular weight is 428 g/mol. The van der Waals surface area contributed by atoms with E-state index in [2.05, 4.69) is 9.98 Å². The second kappa shape index (κ2) is 6.71. The van der Waals surface area contributed by atoms with E-state index in [0.29, 0.717) is 37.8 Å². The minimum absolute atomic E-state index is 0.170. The molecule has 5 nitrogen and oxygen atoms in total. The van der Waals surface area contributed by atoms with Gasteiger partial charge >= 0.3 is 12.4 Å². The zero-order chi connectivity index (χ0) is 20.9. The normalized spacial score (nSPS) is 20.2. The number of hydrogen-bond donors (Lipinski definition) is 2. The third kappa shape index (κ3) is 3.59. The topological polar surface area (TPSA) is 80.0 Å². The number of hydrogen-bond acceptors (Lipinski definition) is 5. The molecule has 0 bridgehead atoms. The van der Waals surface area contributed by atoms with Crippen LogP contribution in [0.25, 0.3) is 0 Å². The second-order valence-corrected chi connectivity index (χ2v) is 7.05. The molecule has 1 aliphatic carbocycles. The summed E-state index contributed by atoms with van der Waals surface area (Å²) in [7, 11) is 0.